The Morgan fingerprint density at radius 2 is 2.11 bits per heavy atom. The third kappa shape index (κ3) is 2.17. The van der Waals surface area contributed by atoms with Gasteiger partial charge in [0.15, 0.2) is 5.82 Å². The molecule has 0 bridgehead atoms. The van der Waals surface area contributed by atoms with Gasteiger partial charge in [-0.15, -0.1) is 0 Å². The van der Waals surface area contributed by atoms with E-state index in [1.165, 1.54) is 0 Å². The molecular weight excluding hydrogens is 260 g/mol. The van der Waals surface area contributed by atoms with Crippen LogP contribution in [0.5, 0.6) is 0 Å². The van der Waals surface area contributed by atoms with Crippen LogP contribution in [0.4, 0.5) is 5.82 Å². The van der Waals surface area contributed by atoms with Crippen molar-refractivity contribution in [3.8, 4) is 11.4 Å². The average molecular weight is 275 g/mol. The van der Waals surface area contributed by atoms with Crippen LogP contribution in [0.15, 0.2) is 18.2 Å². The number of fused-ring (bicyclic) bond motifs is 1. The van der Waals surface area contributed by atoms with E-state index < -0.39 is 0 Å². The van der Waals surface area contributed by atoms with Gasteiger partial charge in [0.2, 0.25) is 0 Å². The monoisotopic (exact) mass is 274 g/mol. The van der Waals surface area contributed by atoms with E-state index in [9.17, 15) is 0 Å². The van der Waals surface area contributed by atoms with Crippen LogP contribution in [0.25, 0.3) is 11.4 Å². The molecule has 0 spiro atoms. The maximum Gasteiger partial charge on any atom is 0.161 e. The minimum atomic E-state index is 0.676. The fourth-order valence-electron chi connectivity index (χ4n) is 2.41. The molecule has 4 nitrogen and oxygen atoms in total. The van der Waals surface area contributed by atoms with E-state index in [-0.39, 0.29) is 0 Å². The lowest BCUT2D eigenvalue weighted by Gasteiger charge is -2.10. The standard InChI is InChI=1S/C14H15ClN4/c1-8-5-6-9(7-11(8)15)13-17-12-4-2-3-10(12)14(18-13)19-16/h5-7H,2-4,16H2,1H3,(H,17,18,19). The number of hydrogen-bond donors (Lipinski definition) is 2. The quantitative estimate of drug-likeness (QED) is 0.653. The van der Waals surface area contributed by atoms with Crippen LogP contribution in [0.2, 0.25) is 5.02 Å². The molecule has 0 fully saturated rings. The van der Waals surface area contributed by atoms with Crippen LogP contribution < -0.4 is 11.3 Å². The van der Waals surface area contributed by atoms with Gasteiger partial charge in [-0.2, -0.15) is 0 Å². The number of hydrazine groups is 1. The summed E-state index contributed by atoms with van der Waals surface area (Å²) in [7, 11) is 0. The molecule has 0 unspecified atom stereocenters. The highest BCUT2D eigenvalue weighted by Crippen LogP contribution is 2.30. The molecule has 1 aliphatic carbocycles. The van der Waals surface area contributed by atoms with Crippen LogP contribution in [0.1, 0.15) is 23.2 Å². The number of rotatable bonds is 2. The Morgan fingerprint density at radius 1 is 1.26 bits per heavy atom. The molecule has 3 N–H and O–H groups in total. The van der Waals surface area contributed by atoms with E-state index >= 15 is 0 Å². The number of nitrogens with two attached hydrogens (primary N) is 1. The van der Waals surface area contributed by atoms with Gasteiger partial charge in [0, 0.05) is 21.8 Å². The largest absolute Gasteiger partial charge is 0.308 e. The molecule has 19 heavy (non-hydrogen) atoms. The maximum atomic E-state index is 6.16. The molecule has 3 rings (SSSR count). The molecule has 0 saturated heterocycles. The van der Waals surface area contributed by atoms with Gasteiger partial charge in [0.25, 0.3) is 0 Å². The van der Waals surface area contributed by atoms with Gasteiger partial charge in [0.05, 0.1) is 0 Å². The van der Waals surface area contributed by atoms with Crippen molar-refractivity contribution in [2.75, 3.05) is 5.43 Å². The first-order chi connectivity index (χ1) is 9.19. The highest BCUT2D eigenvalue weighted by atomic mass is 35.5. The third-order valence-electron chi connectivity index (χ3n) is 3.50. The Kier molecular flexibility index (Phi) is 3.12. The first-order valence-corrected chi connectivity index (χ1v) is 6.70. The summed E-state index contributed by atoms with van der Waals surface area (Å²) >= 11 is 6.16. The summed E-state index contributed by atoms with van der Waals surface area (Å²) in [5, 5.41) is 0.726. The van der Waals surface area contributed by atoms with Crippen LogP contribution in [0.3, 0.4) is 0 Å². The highest BCUT2D eigenvalue weighted by Gasteiger charge is 2.19. The fourth-order valence-corrected chi connectivity index (χ4v) is 2.59. The van der Waals surface area contributed by atoms with Gasteiger partial charge in [-0.1, -0.05) is 23.7 Å². The Hall–Kier alpha value is -1.65. The highest BCUT2D eigenvalue weighted by molar-refractivity contribution is 6.31. The smallest absolute Gasteiger partial charge is 0.161 e. The van der Waals surface area contributed by atoms with Gasteiger partial charge in [-0.05, 0) is 37.8 Å². The lowest BCUT2D eigenvalue weighted by Crippen LogP contribution is -2.12. The van der Waals surface area contributed by atoms with Crippen molar-refractivity contribution >= 4 is 17.4 Å². The molecule has 0 aliphatic heterocycles. The number of aromatic nitrogens is 2. The first-order valence-electron chi connectivity index (χ1n) is 6.32. The van der Waals surface area contributed by atoms with Crippen LogP contribution in [0, 0.1) is 6.92 Å². The molecular formula is C14H15ClN4. The number of nitrogen functional groups attached to an aromatic ring is 1. The number of aryl methyl sites for hydroxylation is 2. The first kappa shape index (κ1) is 12.4. The fraction of sp³-hybridized carbons (Fsp3) is 0.286. The number of hydrogen-bond acceptors (Lipinski definition) is 4. The number of nitrogens with one attached hydrogen (secondary N) is 1. The van der Waals surface area contributed by atoms with Crippen LogP contribution in [-0.4, -0.2) is 9.97 Å². The molecule has 1 heterocycles. The maximum absolute atomic E-state index is 6.16. The summed E-state index contributed by atoms with van der Waals surface area (Å²) in [5.41, 5.74) is 6.88. The van der Waals surface area contributed by atoms with Crippen molar-refractivity contribution in [1.82, 2.24) is 9.97 Å². The second-order valence-electron chi connectivity index (χ2n) is 4.78. The van der Waals surface area contributed by atoms with Gasteiger partial charge >= 0.3 is 0 Å². The van der Waals surface area contributed by atoms with Crippen molar-refractivity contribution in [3.63, 3.8) is 0 Å². The lowest BCUT2D eigenvalue weighted by molar-refractivity contribution is 0.900. The molecule has 5 heteroatoms. The second-order valence-corrected chi connectivity index (χ2v) is 5.19. The Balaban J connectivity index is 2.12. The molecule has 1 aromatic heterocycles. The van der Waals surface area contributed by atoms with Gasteiger partial charge in [-0.25, -0.2) is 15.8 Å². The number of benzene rings is 1. The normalized spacial score (nSPS) is 13.4. The number of nitrogens with zero attached hydrogens (tertiary/aromatic N) is 2. The predicted molar refractivity (Wildman–Crippen MR) is 77.1 cm³/mol. The minimum Gasteiger partial charge on any atom is -0.308 e. The zero-order valence-electron chi connectivity index (χ0n) is 10.7. The van der Waals surface area contributed by atoms with E-state index in [1.807, 2.05) is 25.1 Å². The Morgan fingerprint density at radius 3 is 2.84 bits per heavy atom. The molecule has 1 aromatic carbocycles. The van der Waals surface area contributed by atoms with E-state index in [0.29, 0.717) is 5.82 Å². The van der Waals surface area contributed by atoms with Crippen molar-refractivity contribution in [2.45, 2.75) is 26.2 Å². The van der Waals surface area contributed by atoms with Gasteiger partial charge < -0.3 is 5.43 Å². The Labute approximate surface area is 117 Å². The Bertz CT molecular complexity index is 640. The molecule has 0 atom stereocenters. The summed E-state index contributed by atoms with van der Waals surface area (Å²) in [6.07, 6.45) is 3.08. The SMILES string of the molecule is Cc1ccc(-c2nc3c(c(NN)n2)CCC3)cc1Cl. The summed E-state index contributed by atoms with van der Waals surface area (Å²) in [5.74, 6) is 6.96. The predicted octanol–water partition coefficient (Wildman–Crippen LogP) is 2.88. The number of halogens is 1. The van der Waals surface area contributed by atoms with Gasteiger partial charge in [-0.3, -0.25) is 0 Å². The molecule has 0 radical (unpaired) electrons. The van der Waals surface area contributed by atoms with E-state index in [1.54, 1.807) is 0 Å². The molecule has 98 valence electrons. The number of anilines is 1. The molecule has 0 amide bonds. The lowest BCUT2D eigenvalue weighted by atomic mass is 10.1. The van der Waals surface area contributed by atoms with Crippen molar-refractivity contribution < 1.29 is 0 Å². The van der Waals surface area contributed by atoms with Crippen LogP contribution >= 0.6 is 11.6 Å². The van der Waals surface area contributed by atoms with E-state index in [0.717, 1.165) is 52.5 Å². The zero-order valence-corrected chi connectivity index (χ0v) is 11.5. The molecule has 2 aromatic rings. The summed E-state index contributed by atoms with van der Waals surface area (Å²) in [4.78, 5) is 9.14. The van der Waals surface area contributed by atoms with Crippen LogP contribution in [-0.2, 0) is 12.8 Å². The zero-order chi connectivity index (χ0) is 13.4. The van der Waals surface area contributed by atoms with Crippen molar-refractivity contribution in [1.29, 1.82) is 0 Å². The summed E-state index contributed by atoms with van der Waals surface area (Å²) < 4.78 is 0. The van der Waals surface area contributed by atoms with Gasteiger partial charge in [0.1, 0.15) is 5.82 Å². The second kappa shape index (κ2) is 4.79. The van der Waals surface area contributed by atoms with E-state index in [2.05, 4.69) is 15.4 Å². The summed E-state index contributed by atoms with van der Waals surface area (Å²) in [6.45, 7) is 1.97. The minimum absolute atomic E-state index is 0.676. The third-order valence-corrected chi connectivity index (χ3v) is 3.91. The summed E-state index contributed by atoms with van der Waals surface area (Å²) in [6, 6.07) is 5.86. The van der Waals surface area contributed by atoms with Crippen molar-refractivity contribution in [3.05, 3.63) is 40.0 Å². The molecule has 1 aliphatic rings. The average Bonchev–Trinajstić information content (AvgIpc) is 2.89. The van der Waals surface area contributed by atoms with Crippen molar-refractivity contribution in [2.24, 2.45) is 5.84 Å². The molecule has 0 saturated carbocycles. The topological polar surface area (TPSA) is 63.8 Å². The van der Waals surface area contributed by atoms with E-state index in [4.69, 9.17) is 17.4 Å².